The molecule has 0 radical (unpaired) electrons. The van der Waals surface area contributed by atoms with E-state index in [4.69, 9.17) is 5.11 Å². The third kappa shape index (κ3) is 2.84. The normalized spacial score (nSPS) is 16.1. The minimum atomic E-state index is -0.672. The van der Waals surface area contributed by atoms with Crippen LogP contribution < -0.4 is 0 Å². The summed E-state index contributed by atoms with van der Waals surface area (Å²) < 4.78 is 0. The van der Waals surface area contributed by atoms with Gasteiger partial charge in [0.1, 0.15) is 0 Å². The van der Waals surface area contributed by atoms with Gasteiger partial charge in [0.05, 0.1) is 5.92 Å². The Morgan fingerprint density at radius 2 is 1.67 bits per heavy atom. The minimum Gasteiger partial charge on any atom is -0.481 e. The fourth-order valence-electron chi connectivity index (χ4n) is 1.67. The number of aliphatic carboxylic acids is 1. The number of carboxylic acids is 1. The van der Waals surface area contributed by atoms with E-state index in [1.807, 2.05) is 6.92 Å². The Bertz CT molecular complexity index is 139. The van der Waals surface area contributed by atoms with E-state index in [0.29, 0.717) is 5.92 Å². The molecule has 0 aliphatic heterocycles. The summed E-state index contributed by atoms with van der Waals surface area (Å²) in [6.45, 7) is 8.08. The first kappa shape index (κ1) is 11.5. The number of hydrogen-bond acceptors (Lipinski definition) is 1. The molecular formula is C10H20O2. The van der Waals surface area contributed by atoms with Gasteiger partial charge in [-0.3, -0.25) is 4.79 Å². The van der Waals surface area contributed by atoms with E-state index >= 15 is 0 Å². The molecule has 72 valence electrons. The molecule has 0 spiro atoms. The van der Waals surface area contributed by atoms with Crippen LogP contribution in [0.2, 0.25) is 0 Å². The lowest BCUT2D eigenvalue weighted by atomic mass is 9.81. The Balaban J connectivity index is 4.14. The molecule has 0 aliphatic carbocycles. The van der Waals surface area contributed by atoms with E-state index in [1.165, 1.54) is 0 Å². The highest BCUT2D eigenvalue weighted by molar-refractivity contribution is 5.69. The first-order valence-electron chi connectivity index (χ1n) is 4.77. The zero-order valence-corrected chi connectivity index (χ0v) is 8.50. The van der Waals surface area contributed by atoms with Crippen LogP contribution in [-0.4, -0.2) is 11.1 Å². The maximum absolute atomic E-state index is 10.7. The van der Waals surface area contributed by atoms with Gasteiger partial charge in [-0.15, -0.1) is 0 Å². The van der Waals surface area contributed by atoms with E-state index in [9.17, 15) is 4.79 Å². The molecule has 0 heterocycles. The summed E-state index contributed by atoms with van der Waals surface area (Å²) in [6.07, 6.45) is 2.16. The molecule has 0 fully saturated rings. The molecule has 0 amide bonds. The number of carbonyl (C=O) groups is 1. The van der Waals surface area contributed by atoms with Crippen LogP contribution in [-0.2, 0) is 4.79 Å². The zero-order chi connectivity index (χ0) is 9.72. The molecule has 2 nitrogen and oxygen atoms in total. The minimum absolute atomic E-state index is 0.213. The van der Waals surface area contributed by atoms with E-state index in [0.717, 1.165) is 12.8 Å². The third-order valence-electron chi connectivity index (χ3n) is 2.97. The number of carboxylic acid groups (broad SMARTS) is 1. The third-order valence-corrected chi connectivity index (χ3v) is 2.97. The largest absolute Gasteiger partial charge is 0.481 e. The van der Waals surface area contributed by atoms with Crippen molar-refractivity contribution in [2.45, 2.75) is 40.5 Å². The number of hydrogen-bond donors (Lipinski definition) is 1. The molecular weight excluding hydrogens is 152 g/mol. The van der Waals surface area contributed by atoms with E-state index in [2.05, 4.69) is 13.8 Å². The van der Waals surface area contributed by atoms with Crippen molar-refractivity contribution in [3.63, 3.8) is 0 Å². The topological polar surface area (TPSA) is 37.3 Å². The van der Waals surface area contributed by atoms with Crippen LogP contribution in [0.25, 0.3) is 0 Å². The molecule has 0 bridgehead atoms. The van der Waals surface area contributed by atoms with Crippen molar-refractivity contribution in [3.8, 4) is 0 Å². The SMILES string of the molecule is CCC(CC)C(C)C(C)C(=O)O. The van der Waals surface area contributed by atoms with Gasteiger partial charge in [0.15, 0.2) is 0 Å². The summed E-state index contributed by atoms with van der Waals surface area (Å²) in [5.41, 5.74) is 0. The fourth-order valence-corrected chi connectivity index (χ4v) is 1.67. The van der Waals surface area contributed by atoms with Gasteiger partial charge in [-0.2, -0.15) is 0 Å². The molecule has 2 atom stereocenters. The quantitative estimate of drug-likeness (QED) is 0.692. The highest BCUT2D eigenvalue weighted by Gasteiger charge is 2.24. The van der Waals surface area contributed by atoms with Crippen molar-refractivity contribution in [2.75, 3.05) is 0 Å². The lowest BCUT2D eigenvalue weighted by Gasteiger charge is -2.24. The molecule has 0 aromatic heterocycles. The second kappa shape index (κ2) is 5.18. The fraction of sp³-hybridized carbons (Fsp3) is 0.900. The van der Waals surface area contributed by atoms with Crippen LogP contribution in [0.15, 0.2) is 0 Å². The van der Waals surface area contributed by atoms with Gasteiger partial charge in [0, 0.05) is 0 Å². The van der Waals surface area contributed by atoms with Crippen LogP contribution in [0, 0.1) is 17.8 Å². The van der Waals surface area contributed by atoms with Gasteiger partial charge >= 0.3 is 5.97 Å². The van der Waals surface area contributed by atoms with Crippen LogP contribution >= 0.6 is 0 Å². The van der Waals surface area contributed by atoms with Crippen molar-refractivity contribution in [2.24, 2.45) is 17.8 Å². The molecule has 0 saturated carbocycles. The summed E-state index contributed by atoms with van der Waals surface area (Å²) in [5, 5.41) is 8.79. The van der Waals surface area contributed by atoms with Gasteiger partial charge < -0.3 is 5.11 Å². The van der Waals surface area contributed by atoms with E-state index in [-0.39, 0.29) is 11.8 Å². The van der Waals surface area contributed by atoms with Crippen molar-refractivity contribution < 1.29 is 9.90 Å². The van der Waals surface area contributed by atoms with Crippen molar-refractivity contribution in [1.29, 1.82) is 0 Å². The first-order chi connectivity index (χ1) is 5.54. The standard InChI is InChI=1S/C10H20O2/c1-5-9(6-2)7(3)8(4)10(11)12/h7-9H,5-6H2,1-4H3,(H,11,12). The Morgan fingerprint density at radius 1 is 1.25 bits per heavy atom. The summed E-state index contributed by atoms with van der Waals surface area (Å²) in [4.78, 5) is 10.7. The Kier molecular flexibility index (Phi) is 4.95. The molecule has 2 unspecified atom stereocenters. The highest BCUT2D eigenvalue weighted by Crippen LogP contribution is 2.26. The van der Waals surface area contributed by atoms with E-state index < -0.39 is 5.97 Å². The van der Waals surface area contributed by atoms with Gasteiger partial charge in [-0.25, -0.2) is 0 Å². The van der Waals surface area contributed by atoms with Gasteiger partial charge in [-0.05, 0) is 11.8 Å². The van der Waals surface area contributed by atoms with Crippen LogP contribution in [0.3, 0.4) is 0 Å². The van der Waals surface area contributed by atoms with Crippen molar-refractivity contribution in [1.82, 2.24) is 0 Å². The molecule has 0 aromatic carbocycles. The molecule has 0 aromatic rings. The predicted molar refractivity (Wildman–Crippen MR) is 50.0 cm³/mol. The molecule has 0 saturated heterocycles. The average Bonchev–Trinajstić information content (AvgIpc) is 2.05. The van der Waals surface area contributed by atoms with Gasteiger partial charge in [0.2, 0.25) is 0 Å². The van der Waals surface area contributed by atoms with Crippen LogP contribution in [0.1, 0.15) is 40.5 Å². The summed E-state index contributed by atoms with van der Waals surface area (Å²) in [7, 11) is 0. The zero-order valence-electron chi connectivity index (χ0n) is 8.50. The molecule has 1 N–H and O–H groups in total. The molecule has 0 rings (SSSR count). The predicted octanol–water partition coefficient (Wildman–Crippen LogP) is 2.78. The molecule has 12 heavy (non-hydrogen) atoms. The monoisotopic (exact) mass is 172 g/mol. The smallest absolute Gasteiger partial charge is 0.306 e. The maximum Gasteiger partial charge on any atom is 0.306 e. The number of rotatable bonds is 5. The Morgan fingerprint density at radius 3 is 1.92 bits per heavy atom. The summed E-state index contributed by atoms with van der Waals surface area (Å²) in [6, 6.07) is 0. The highest BCUT2D eigenvalue weighted by atomic mass is 16.4. The lowest BCUT2D eigenvalue weighted by molar-refractivity contribution is -0.143. The Hall–Kier alpha value is -0.530. The molecule has 2 heteroatoms. The average molecular weight is 172 g/mol. The second-order valence-corrected chi connectivity index (χ2v) is 3.56. The van der Waals surface area contributed by atoms with Crippen molar-refractivity contribution >= 4 is 5.97 Å². The van der Waals surface area contributed by atoms with Gasteiger partial charge in [-0.1, -0.05) is 40.5 Å². The van der Waals surface area contributed by atoms with Crippen LogP contribution in [0.4, 0.5) is 0 Å². The molecule has 0 aliphatic rings. The van der Waals surface area contributed by atoms with Crippen molar-refractivity contribution in [3.05, 3.63) is 0 Å². The Labute approximate surface area is 75.0 Å². The van der Waals surface area contributed by atoms with Crippen LogP contribution in [0.5, 0.6) is 0 Å². The second-order valence-electron chi connectivity index (χ2n) is 3.56. The lowest BCUT2D eigenvalue weighted by Crippen LogP contribution is -2.24. The summed E-state index contributed by atoms with van der Waals surface area (Å²) >= 11 is 0. The summed E-state index contributed by atoms with van der Waals surface area (Å²) in [5.74, 6) is -0.0436. The van der Waals surface area contributed by atoms with Gasteiger partial charge in [0.25, 0.3) is 0 Å². The van der Waals surface area contributed by atoms with E-state index in [1.54, 1.807) is 6.92 Å². The maximum atomic E-state index is 10.7. The first-order valence-corrected chi connectivity index (χ1v) is 4.77.